The predicted molar refractivity (Wildman–Crippen MR) is 79.5 cm³/mol. The molecule has 114 valence electrons. The highest BCUT2D eigenvalue weighted by Gasteiger charge is 2.17. The monoisotopic (exact) mass is 291 g/mol. The first-order valence-corrected chi connectivity index (χ1v) is 7.21. The van der Waals surface area contributed by atoms with E-state index in [0.717, 1.165) is 36.5 Å². The molecule has 2 aromatic rings. The number of rotatable bonds is 6. The van der Waals surface area contributed by atoms with E-state index in [4.69, 9.17) is 0 Å². The summed E-state index contributed by atoms with van der Waals surface area (Å²) >= 11 is 0. The first-order chi connectivity index (χ1) is 9.83. The molecule has 0 aliphatic rings. The molecular weight excluding hydrogens is 269 g/mol. The first kappa shape index (κ1) is 15.6. The highest BCUT2D eigenvalue weighted by atomic mass is 19.1. The van der Waals surface area contributed by atoms with Crippen molar-refractivity contribution in [3.63, 3.8) is 0 Å². The van der Waals surface area contributed by atoms with Gasteiger partial charge in [0, 0.05) is 6.42 Å². The number of aromatic nitrogens is 3. The maximum absolute atomic E-state index is 12.8. The van der Waals surface area contributed by atoms with Crippen LogP contribution in [0.1, 0.15) is 37.5 Å². The van der Waals surface area contributed by atoms with E-state index in [1.54, 1.807) is 18.5 Å². The van der Waals surface area contributed by atoms with Gasteiger partial charge in [0.1, 0.15) is 17.5 Å². The Morgan fingerprint density at radius 3 is 2.48 bits per heavy atom. The highest BCUT2D eigenvalue weighted by molar-refractivity contribution is 5.16. The molecule has 2 rings (SSSR count). The molecule has 1 aromatic carbocycles. The molecule has 4 nitrogen and oxygen atoms in total. The minimum atomic E-state index is -0.814. The molecule has 0 radical (unpaired) electrons. The molecule has 21 heavy (non-hydrogen) atoms. The summed E-state index contributed by atoms with van der Waals surface area (Å²) in [6.45, 7) is 5.79. The zero-order valence-corrected chi connectivity index (χ0v) is 12.8. The van der Waals surface area contributed by atoms with Crippen molar-refractivity contribution in [2.24, 2.45) is 0 Å². The van der Waals surface area contributed by atoms with Crippen LogP contribution in [0.2, 0.25) is 0 Å². The van der Waals surface area contributed by atoms with Gasteiger partial charge in [-0.25, -0.2) is 14.1 Å². The molecule has 0 bridgehead atoms. The topological polar surface area (TPSA) is 50.9 Å². The SMILES string of the molecule is Cc1nc(CCCc2ccc(F)cc2)n(CC(C)(C)O)n1. The molecule has 1 aromatic heterocycles. The Balaban J connectivity index is 1.95. The van der Waals surface area contributed by atoms with E-state index in [1.165, 1.54) is 12.1 Å². The van der Waals surface area contributed by atoms with E-state index in [1.807, 2.05) is 19.1 Å². The quantitative estimate of drug-likeness (QED) is 0.890. The number of benzene rings is 1. The summed E-state index contributed by atoms with van der Waals surface area (Å²) in [7, 11) is 0. The van der Waals surface area contributed by atoms with Crippen LogP contribution in [0, 0.1) is 12.7 Å². The molecule has 0 amide bonds. The van der Waals surface area contributed by atoms with Gasteiger partial charge in [0.25, 0.3) is 0 Å². The summed E-state index contributed by atoms with van der Waals surface area (Å²) in [5.41, 5.74) is 0.299. The second-order valence-corrected chi connectivity index (χ2v) is 6.03. The number of aliphatic hydroxyl groups is 1. The van der Waals surface area contributed by atoms with Gasteiger partial charge in [-0.1, -0.05) is 12.1 Å². The summed E-state index contributed by atoms with van der Waals surface area (Å²) < 4.78 is 14.6. The largest absolute Gasteiger partial charge is 0.389 e. The van der Waals surface area contributed by atoms with Crippen molar-refractivity contribution in [2.45, 2.75) is 52.2 Å². The zero-order valence-electron chi connectivity index (χ0n) is 12.8. The fourth-order valence-corrected chi connectivity index (χ4v) is 2.28. The van der Waals surface area contributed by atoms with E-state index in [2.05, 4.69) is 10.1 Å². The van der Waals surface area contributed by atoms with Crippen molar-refractivity contribution in [1.82, 2.24) is 14.8 Å². The van der Waals surface area contributed by atoms with Gasteiger partial charge in [0.15, 0.2) is 0 Å². The zero-order chi connectivity index (χ0) is 15.5. The third-order valence-corrected chi connectivity index (χ3v) is 3.17. The van der Waals surface area contributed by atoms with Crippen molar-refractivity contribution in [1.29, 1.82) is 0 Å². The fourth-order valence-electron chi connectivity index (χ4n) is 2.28. The number of halogens is 1. The number of hydrogen-bond donors (Lipinski definition) is 1. The Morgan fingerprint density at radius 1 is 1.19 bits per heavy atom. The molecule has 0 saturated carbocycles. The molecule has 0 aliphatic heterocycles. The lowest BCUT2D eigenvalue weighted by Gasteiger charge is -2.17. The van der Waals surface area contributed by atoms with Crippen molar-refractivity contribution in [2.75, 3.05) is 0 Å². The third-order valence-electron chi connectivity index (χ3n) is 3.17. The lowest BCUT2D eigenvalue weighted by Crippen LogP contribution is -2.28. The van der Waals surface area contributed by atoms with Crippen molar-refractivity contribution >= 4 is 0 Å². The Kier molecular flexibility index (Phi) is 4.73. The molecule has 0 spiro atoms. The number of nitrogens with zero attached hydrogens (tertiary/aromatic N) is 3. The Bertz CT molecular complexity index is 585. The minimum Gasteiger partial charge on any atom is -0.389 e. The van der Waals surface area contributed by atoms with Crippen LogP contribution in [0.3, 0.4) is 0 Å². The molecular formula is C16H22FN3O. The van der Waals surface area contributed by atoms with Crippen molar-refractivity contribution < 1.29 is 9.50 Å². The molecule has 5 heteroatoms. The molecule has 0 atom stereocenters. The second-order valence-electron chi connectivity index (χ2n) is 6.03. The smallest absolute Gasteiger partial charge is 0.147 e. The van der Waals surface area contributed by atoms with Crippen molar-refractivity contribution in [3.05, 3.63) is 47.3 Å². The number of hydrogen-bond acceptors (Lipinski definition) is 3. The van der Waals surface area contributed by atoms with E-state index in [9.17, 15) is 9.50 Å². The van der Waals surface area contributed by atoms with Crippen LogP contribution in [0.25, 0.3) is 0 Å². The van der Waals surface area contributed by atoms with Gasteiger partial charge in [-0.2, -0.15) is 5.10 Å². The van der Waals surface area contributed by atoms with Gasteiger partial charge in [-0.05, 0) is 51.3 Å². The van der Waals surface area contributed by atoms with Gasteiger partial charge in [-0.15, -0.1) is 0 Å². The standard InChI is InChI=1S/C16H22FN3O/c1-12-18-15(20(19-12)11-16(2,3)21)6-4-5-13-7-9-14(17)10-8-13/h7-10,21H,4-6,11H2,1-3H3. The second kappa shape index (κ2) is 6.35. The molecule has 0 saturated heterocycles. The van der Waals surface area contributed by atoms with Crippen LogP contribution in [-0.2, 0) is 19.4 Å². The van der Waals surface area contributed by atoms with Gasteiger partial charge in [0.2, 0.25) is 0 Å². The number of aryl methyl sites for hydroxylation is 3. The summed E-state index contributed by atoms with van der Waals surface area (Å²) in [5.74, 6) is 1.40. The first-order valence-electron chi connectivity index (χ1n) is 7.21. The fraction of sp³-hybridized carbons (Fsp3) is 0.500. The molecule has 1 heterocycles. The Morgan fingerprint density at radius 2 is 1.86 bits per heavy atom. The predicted octanol–water partition coefficient (Wildman–Crippen LogP) is 2.67. The molecule has 1 N–H and O–H groups in total. The van der Waals surface area contributed by atoms with E-state index in [0.29, 0.717) is 6.54 Å². The maximum atomic E-state index is 12.8. The van der Waals surface area contributed by atoms with Gasteiger partial charge in [0.05, 0.1) is 12.1 Å². The van der Waals surface area contributed by atoms with Crippen LogP contribution in [0.15, 0.2) is 24.3 Å². The van der Waals surface area contributed by atoms with Crippen LogP contribution < -0.4 is 0 Å². The van der Waals surface area contributed by atoms with Crippen molar-refractivity contribution in [3.8, 4) is 0 Å². The van der Waals surface area contributed by atoms with Crippen LogP contribution in [-0.4, -0.2) is 25.5 Å². The Labute approximate surface area is 124 Å². The summed E-state index contributed by atoms with van der Waals surface area (Å²) in [6.07, 6.45) is 2.57. The highest BCUT2D eigenvalue weighted by Crippen LogP contribution is 2.11. The third kappa shape index (κ3) is 4.93. The Hall–Kier alpha value is -1.75. The normalized spacial score (nSPS) is 11.9. The van der Waals surface area contributed by atoms with Crippen LogP contribution >= 0.6 is 0 Å². The lowest BCUT2D eigenvalue weighted by atomic mass is 10.1. The van der Waals surface area contributed by atoms with Gasteiger partial charge in [-0.3, -0.25) is 0 Å². The van der Waals surface area contributed by atoms with Gasteiger partial charge < -0.3 is 5.11 Å². The maximum Gasteiger partial charge on any atom is 0.147 e. The van der Waals surface area contributed by atoms with E-state index in [-0.39, 0.29) is 5.82 Å². The van der Waals surface area contributed by atoms with Crippen LogP contribution in [0.5, 0.6) is 0 Å². The molecule has 0 fully saturated rings. The van der Waals surface area contributed by atoms with E-state index >= 15 is 0 Å². The lowest BCUT2D eigenvalue weighted by molar-refractivity contribution is 0.0565. The minimum absolute atomic E-state index is 0.209. The average Bonchev–Trinajstić information content (AvgIpc) is 2.70. The van der Waals surface area contributed by atoms with E-state index < -0.39 is 5.60 Å². The summed E-state index contributed by atoms with van der Waals surface area (Å²) in [6, 6.07) is 6.58. The molecule has 0 unspecified atom stereocenters. The summed E-state index contributed by atoms with van der Waals surface area (Å²) in [5, 5.41) is 14.2. The summed E-state index contributed by atoms with van der Waals surface area (Å²) in [4.78, 5) is 4.42. The van der Waals surface area contributed by atoms with Crippen LogP contribution in [0.4, 0.5) is 4.39 Å². The molecule has 0 aliphatic carbocycles. The average molecular weight is 291 g/mol. The van der Waals surface area contributed by atoms with Gasteiger partial charge >= 0.3 is 0 Å².